The van der Waals surface area contributed by atoms with Crippen molar-refractivity contribution in [3.8, 4) is 0 Å². The molecule has 0 bridgehead atoms. The molecule has 0 amide bonds. The highest BCUT2D eigenvalue weighted by Gasteiger charge is 2.17. The Morgan fingerprint density at radius 2 is 1.71 bits per heavy atom. The smallest absolute Gasteiger partial charge is 0.0669 e. The average molecular weight is 285 g/mol. The zero-order chi connectivity index (χ0) is 15.5. The van der Waals surface area contributed by atoms with Crippen molar-refractivity contribution in [1.29, 1.82) is 0 Å². The topological polar surface area (TPSA) is 32.3 Å². The minimum absolute atomic E-state index is 0.160. The largest absolute Gasteiger partial charge is 0.392 e. The number of nitrogens with one attached hydrogen (secondary N) is 1. The molecule has 0 fully saturated rings. The summed E-state index contributed by atoms with van der Waals surface area (Å²) in [6, 6.07) is 15.2. The van der Waals surface area contributed by atoms with Crippen LogP contribution in [-0.2, 0) is 0 Å². The molecule has 21 heavy (non-hydrogen) atoms. The van der Waals surface area contributed by atoms with Gasteiger partial charge in [-0.3, -0.25) is 0 Å². The Balaban J connectivity index is 1.97. The molecule has 0 saturated carbocycles. The van der Waals surface area contributed by atoms with E-state index in [2.05, 4.69) is 75.5 Å². The van der Waals surface area contributed by atoms with Gasteiger partial charge >= 0.3 is 0 Å². The molecule has 2 aromatic rings. The van der Waals surface area contributed by atoms with Crippen LogP contribution < -0.4 is 5.32 Å². The molecular weight excluding hydrogens is 258 g/mol. The fourth-order valence-electron chi connectivity index (χ4n) is 2.69. The number of fused-ring (bicyclic) bond motifs is 1. The van der Waals surface area contributed by atoms with Crippen molar-refractivity contribution in [3.05, 3.63) is 48.0 Å². The Kier molecular flexibility index (Phi) is 5.02. The van der Waals surface area contributed by atoms with Gasteiger partial charge in [0.15, 0.2) is 0 Å². The van der Waals surface area contributed by atoms with Crippen molar-refractivity contribution >= 4 is 10.8 Å². The van der Waals surface area contributed by atoms with Crippen LogP contribution in [0.4, 0.5) is 0 Å². The molecule has 0 aliphatic heterocycles. The van der Waals surface area contributed by atoms with Gasteiger partial charge in [-0.15, -0.1) is 0 Å². The Labute approximate surface area is 128 Å². The van der Waals surface area contributed by atoms with E-state index in [0.29, 0.717) is 6.54 Å². The molecule has 0 radical (unpaired) electrons. The van der Waals surface area contributed by atoms with Crippen LogP contribution in [-0.4, -0.2) is 17.8 Å². The van der Waals surface area contributed by atoms with Gasteiger partial charge in [0.2, 0.25) is 0 Å². The van der Waals surface area contributed by atoms with Gasteiger partial charge in [-0.25, -0.2) is 0 Å². The summed E-state index contributed by atoms with van der Waals surface area (Å²) in [5, 5.41) is 16.1. The lowest BCUT2D eigenvalue weighted by Gasteiger charge is -2.24. The highest BCUT2D eigenvalue weighted by molar-refractivity contribution is 5.83. The fourth-order valence-corrected chi connectivity index (χ4v) is 2.69. The predicted molar refractivity (Wildman–Crippen MR) is 90.4 cm³/mol. The van der Waals surface area contributed by atoms with E-state index in [1.54, 1.807) is 0 Å². The zero-order valence-electron chi connectivity index (χ0n) is 13.6. The van der Waals surface area contributed by atoms with E-state index in [0.717, 1.165) is 6.42 Å². The lowest BCUT2D eigenvalue weighted by molar-refractivity contribution is 0.117. The molecule has 2 N–H and O–H groups in total. The van der Waals surface area contributed by atoms with Gasteiger partial charge in [-0.05, 0) is 41.2 Å². The first kappa shape index (κ1) is 16.0. The number of rotatable bonds is 5. The Morgan fingerprint density at radius 3 is 2.38 bits per heavy atom. The number of hydrogen-bond acceptors (Lipinski definition) is 2. The van der Waals surface area contributed by atoms with Gasteiger partial charge in [-0.2, -0.15) is 0 Å². The normalized spacial score (nSPS) is 15.1. The second kappa shape index (κ2) is 6.59. The van der Waals surface area contributed by atoms with Crippen molar-refractivity contribution in [2.24, 2.45) is 5.41 Å². The van der Waals surface area contributed by atoms with Crippen LogP contribution in [0.25, 0.3) is 10.8 Å². The van der Waals surface area contributed by atoms with Crippen LogP contribution in [0.3, 0.4) is 0 Å². The van der Waals surface area contributed by atoms with Crippen LogP contribution in [0.15, 0.2) is 42.5 Å². The van der Waals surface area contributed by atoms with Gasteiger partial charge in [0.05, 0.1) is 6.10 Å². The minimum Gasteiger partial charge on any atom is -0.392 e. The van der Waals surface area contributed by atoms with Crippen molar-refractivity contribution in [2.45, 2.75) is 46.3 Å². The third-order valence-corrected chi connectivity index (χ3v) is 3.78. The molecule has 2 unspecified atom stereocenters. The van der Waals surface area contributed by atoms with Crippen LogP contribution in [0.2, 0.25) is 0 Å². The summed E-state index contributed by atoms with van der Waals surface area (Å²) in [6.45, 7) is 9.24. The highest BCUT2D eigenvalue weighted by atomic mass is 16.3. The van der Waals surface area contributed by atoms with Crippen LogP contribution in [0.1, 0.15) is 45.7 Å². The molecule has 0 aliphatic carbocycles. The standard InChI is InChI=1S/C19H27NO/c1-14(20-13-18(21)12-19(2,3)4)16-10-9-15-7-5-6-8-17(15)11-16/h5-11,14,18,20-21H,12-13H2,1-4H3. The quantitative estimate of drug-likeness (QED) is 0.859. The van der Waals surface area contributed by atoms with E-state index in [1.165, 1.54) is 16.3 Å². The third-order valence-electron chi connectivity index (χ3n) is 3.78. The molecule has 2 heteroatoms. The van der Waals surface area contributed by atoms with Crippen molar-refractivity contribution < 1.29 is 5.11 Å². The minimum atomic E-state index is -0.298. The summed E-state index contributed by atoms with van der Waals surface area (Å²) < 4.78 is 0. The highest BCUT2D eigenvalue weighted by Crippen LogP contribution is 2.22. The summed E-state index contributed by atoms with van der Waals surface area (Å²) in [5.41, 5.74) is 1.42. The van der Waals surface area contributed by atoms with Crippen molar-refractivity contribution in [2.75, 3.05) is 6.54 Å². The summed E-state index contributed by atoms with van der Waals surface area (Å²) in [6.07, 6.45) is 0.512. The summed E-state index contributed by atoms with van der Waals surface area (Å²) >= 11 is 0. The number of aliphatic hydroxyl groups is 1. The third kappa shape index (κ3) is 4.83. The van der Waals surface area contributed by atoms with Crippen LogP contribution in [0.5, 0.6) is 0 Å². The first-order valence-electron chi connectivity index (χ1n) is 7.75. The molecular formula is C19H27NO. The van der Waals surface area contributed by atoms with Gasteiger partial charge < -0.3 is 10.4 Å². The Hall–Kier alpha value is -1.38. The predicted octanol–water partition coefficient (Wildman–Crippen LogP) is 4.29. The molecule has 0 heterocycles. The molecule has 2 atom stereocenters. The maximum Gasteiger partial charge on any atom is 0.0669 e. The monoisotopic (exact) mass is 285 g/mol. The number of benzene rings is 2. The maximum absolute atomic E-state index is 10.1. The van der Waals surface area contributed by atoms with Gasteiger partial charge in [-0.1, -0.05) is 57.2 Å². The molecule has 0 spiro atoms. The van der Waals surface area contributed by atoms with Crippen molar-refractivity contribution in [3.63, 3.8) is 0 Å². The summed E-state index contributed by atoms with van der Waals surface area (Å²) in [7, 11) is 0. The van der Waals surface area contributed by atoms with E-state index in [1.807, 2.05) is 0 Å². The van der Waals surface area contributed by atoms with Crippen LogP contribution >= 0.6 is 0 Å². The first-order chi connectivity index (χ1) is 9.85. The van der Waals surface area contributed by atoms with E-state index in [4.69, 9.17) is 0 Å². The second-order valence-electron chi connectivity index (χ2n) is 7.16. The average Bonchev–Trinajstić information content (AvgIpc) is 2.42. The molecule has 0 aromatic heterocycles. The van der Waals surface area contributed by atoms with Crippen LogP contribution in [0, 0.1) is 5.41 Å². The maximum atomic E-state index is 10.1. The number of aliphatic hydroxyl groups excluding tert-OH is 1. The molecule has 2 nitrogen and oxygen atoms in total. The van der Waals surface area contributed by atoms with Gasteiger partial charge in [0, 0.05) is 12.6 Å². The van der Waals surface area contributed by atoms with Crippen molar-refractivity contribution in [1.82, 2.24) is 5.32 Å². The van der Waals surface area contributed by atoms with E-state index >= 15 is 0 Å². The zero-order valence-corrected chi connectivity index (χ0v) is 13.6. The Bertz CT molecular complexity index is 585. The molecule has 114 valence electrons. The number of hydrogen-bond donors (Lipinski definition) is 2. The first-order valence-corrected chi connectivity index (χ1v) is 7.75. The molecule has 0 aliphatic rings. The Morgan fingerprint density at radius 1 is 1.05 bits per heavy atom. The van der Waals surface area contributed by atoms with E-state index in [-0.39, 0.29) is 17.6 Å². The lowest BCUT2D eigenvalue weighted by atomic mass is 9.89. The molecule has 2 rings (SSSR count). The fraction of sp³-hybridized carbons (Fsp3) is 0.474. The second-order valence-corrected chi connectivity index (χ2v) is 7.16. The van der Waals surface area contributed by atoms with Gasteiger partial charge in [0.25, 0.3) is 0 Å². The van der Waals surface area contributed by atoms with Gasteiger partial charge in [0.1, 0.15) is 0 Å². The van der Waals surface area contributed by atoms with E-state index in [9.17, 15) is 5.11 Å². The summed E-state index contributed by atoms with van der Waals surface area (Å²) in [5.74, 6) is 0. The lowest BCUT2D eigenvalue weighted by Crippen LogP contribution is -2.31. The molecule has 2 aromatic carbocycles. The van der Waals surface area contributed by atoms with E-state index < -0.39 is 0 Å². The molecule has 0 saturated heterocycles. The SMILES string of the molecule is CC(NCC(O)CC(C)(C)C)c1ccc2ccccc2c1. The summed E-state index contributed by atoms with van der Waals surface area (Å²) in [4.78, 5) is 0.